The maximum absolute atomic E-state index is 13.4. The van der Waals surface area contributed by atoms with Crippen molar-refractivity contribution in [3.05, 3.63) is 52.3 Å². The quantitative estimate of drug-likeness (QED) is 0.299. The first-order valence-electron chi connectivity index (χ1n) is 11.5. The van der Waals surface area contributed by atoms with Crippen LogP contribution in [0.2, 0.25) is 0 Å². The number of rotatable bonds is 3. The van der Waals surface area contributed by atoms with Crippen LogP contribution in [0.4, 0.5) is 5.69 Å². The number of benzene rings is 1. The minimum atomic E-state index is -0.985. The molecule has 5 nitrogen and oxygen atoms in total. The Morgan fingerprint density at radius 2 is 1.90 bits per heavy atom. The van der Waals surface area contributed by atoms with Crippen LogP contribution in [0.5, 0.6) is 5.75 Å². The highest BCUT2D eigenvalue weighted by Gasteiger charge is 2.58. The van der Waals surface area contributed by atoms with Crippen LogP contribution in [0, 0.1) is 27.9 Å². The number of quaternary nitrogens is 1. The topological polar surface area (TPSA) is 74.0 Å². The molecule has 5 heteroatoms. The number of carbonyl (C=O) groups excluding carboxylic acids is 1. The van der Waals surface area contributed by atoms with Gasteiger partial charge in [0.05, 0.1) is 5.41 Å². The molecule has 0 aliphatic heterocycles. The zero-order valence-corrected chi connectivity index (χ0v) is 19.2. The van der Waals surface area contributed by atoms with Crippen LogP contribution in [0.3, 0.4) is 0 Å². The van der Waals surface area contributed by atoms with E-state index in [1.165, 1.54) is 37.0 Å². The van der Waals surface area contributed by atoms with Crippen LogP contribution < -0.4 is 9.96 Å². The maximum atomic E-state index is 13.4. The first kappa shape index (κ1) is 22.3. The van der Waals surface area contributed by atoms with Gasteiger partial charge in [-0.05, 0) is 88.7 Å². The predicted molar refractivity (Wildman–Crippen MR) is 120 cm³/mol. The van der Waals surface area contributed by atoms with Gasteiger partial charge < -0.3 is 9.94 Å². The number of allylic oxidation sites excluding steroid dienone is 4. The van der Waals surface area contributed by atoms with Crippen molar-refractivity contribution in [1.82, 2.24) is 0 Å². The molecule has 3 aliphatic carbocycles. The molecule has 31 heavy (non-hydrogen) atoms. The van der Waals surface area contributed by atoms with Gasteiger partial charge in [0.25, 0.3) is 0 Å². The number of carbonyl (C=O) groups is 1. The number of ether oxygens (including phenoxy) is 1. The number of hydrogen-bond acceptors (Lipinski definition) is 4. The molecule has 0 amide bonds. The highest BCUT2D eigenvalue weighted by molar-refractivity contribution is 5.79. The maximum Gasteiger partial charge on any atom is 0.317 e. The zero-order chi connectivity index (χ0) is 22.4. The van der Waals surface area contributed by atoms with Crippen LogP contribution in [-0.4, -0.2) is 11.2 Å². The second-order valence-electron chi connectivity index (χ2n) is 10.4. The van der Waals surface area contributed by atoms with E-state index in [1.807, 2.05) is 0 Å². The van der Waals surface area contributed by atoms with Crippen molar-refractivity contribution in [1.29, 1.82) is 0 Å². The van der Waals surface area contributed by atoms with Crippen molar-refractivity contribution in [2.45, 2.75) is 72.6 Å². The van der Waals surface area contributed by atoms with E-state index in [0.717, 1.165) is 25.7 Å². The largest absolute Gasteiger partial charge is 0.595 e. The van der Waals surface area contributed by atoms with E-state index in [4.69, 9.17) is 9.94 Å². The second kappa shape index (κ2) is 8.19. The average Bonchev–Trinajstić information content (AvgIpc) is 2.73. The summed E-state index contributed by atoms with van der Waals surface area (Å²) in [5.41, 5.74) is 4.41. The van der Waals surface area contributed by atoms with Gasteiger partial charge in [-0.3, -0.25) is 4.79 Å². The van der Waals surface area contributed by atoms with Gasteiger partial charge in [-0.2, -0.15) is 5.23 Å². The minimum Gasteiger partial charge on any atom is -0.595 e. The van der Waals surface area contributed by atoms with E-state index < -0.39 is 10.6 Å². The molecule has 3 aliphatic rings. The van der Waals surface area contributed by atoms with E-state index in [9.17, 15) is 10.0 Å². The summed E-state index contributed by atoms with van der Waals surface area (Å²) in [6.07, 6.45) is 9.86. The second-order valence-corrected chi connectivity index (χ2v) is 10.4. The van der Waals surface area contributed by atoms with Crippen LogP contribution in [-0.2, 0) is 4.79 Å². The molecule has 5 atom stereocenters. The first-order chi connectivity index (χ1) is 14.6. The highest BCUT2D eigenvalue weighted by Crippen LogP contribution is 2.62. The summed E-state index contributed by atoms with van der Waals surface area (Å²) in [6, 6.07) is 6.12. The standard InChI is InChI=1S/C26H35NO4/c1-17(2)18-6-12-22-19(16-18)7-13-23-25(22,3)14-5-15-26(23,4)24(28)31-21-10-8-20(9-11-21)27(29)30/h7-11,22-23,27,29H,5-6,12-16H2,1-4H3/t22-,23+,25+,26+/m0/s1. The fourth-order valence-electron chi connectivity index (χ4n) is 6.62. The third-order valence-corrected chi connectivity index (χ3v) is 8.47. The molecule has 168 valence electrons. The Bertz CT molecular complexity index is 912. The van der Waals surface area contributed by atoms with Crippen molar-refractivity contribution in [3.8, 4) is 5.75 Å². The Morgan fingerprint density at radius 1 is 1.19 bits per heavy atom. The van der Waals surface area contributed by atoms with Gasteiger partial charge in [0.2, 0.25) is 0 Å². The summed E-state index contributed by atoms with van der Waals surface area (Å²) in [5, 5.41) is 19.2. The lowest BCUT2D eigenvalue weighted by atomic mass is 9.46. The molecule has 1 unspecified atom stereocenters. The summed E-state index contributed by atoms with van der Waals surface area (Å²) >= 11 is 0. The molecule has 2 N–H and O–H groups in total. The predicted octanol–water partition coefficient (Wildman–Crippen LogP) is 5.27. The van der Waals surface area contributed by atoms with Crippen LogP contribution in [0.25, 0.3) is 0 Å². The number of esters is 1. The molecule has 0 radical (unpaired) electrons. The first-order valence-corrected chi connectivity index (χ1v) is 11.5. The molecule has 2 saturated carbocycles. The number of fused-ring (bicyclic) bond motifs is 3. The van der Waals surface area contributed by atoms with E-state index in [-0.39, 0.29) is 23.0 Å². The lowest BCUT2D eigenvalue weighted by molar-refractivity contribution is -0.991. The third kappa shape index (κ3) is 3.88. The fourth-order valence-corrected chi connectivity index (χ4v) is 6.62. The van der Waals surface area contributed by atoms with E-state index >= 15 is 0 Å². The Labute approximate surface area is 185 Å². The summed E-state index contributed by atoms with van der Waals surface area (Å²) in [4.78, 5) is 13.4. The van der Waals surface area contributed by atoms with E-state index in [0.29, 0.717) is 11.7 Å². The van der Waals surface area contributed by atoms with E-state index in [2.05, 4.69) is 33.8 Å². The molecule has 0 spiro atoms. The van der Waals surface area contributed by atoms with Crippen molar-refractivity contribution < 1.29 is 20.0 Å². The van der Waals surface area contributed by atoms with Crippen LogP contribution in [0.15, 0.2) is 47.1 Å². The van der Waals surface area contributed by atoms with Gasteiger partial charge in [0, 0.05) is 12.1 Å². The van der Waals surface area contributed by atoms with Gasteiger partial charge >= 0.3 is 5.97 Å². The van der Waals surface area contributed by atoms with Crippen molar-refractivity contribution in [3.63, 3.8) is 0 Å². The molecule has 0 heterocycles. The average molecular weight is 426 g/mol. The van der Waals surface area contributed by atoms with Gasteiger partial charge in [0.1, 0.15) is 5.75 Å². The zero-order valence-electron chi connectivity index (χ0n) is 19.2. The Hall–Kier alpha value is -1.95. The minimum absolute atomic E-state index is 0.121. The third-order valence-electron chi connectivity index (χ3n) is 8.47. The normalized spacial score (nSPS) is 33.6. The van der Waals surface area contributed by atoms with E-state index in [1.54, 1.807) is 23.3 Å². The summed E-state index contributed by atoms with van der Waals surface area (Å²) in [6.45, 7) is 8.95. The molecule has 0 aromatic heterocycles. The molecule has 2 fully saturated rings. The molecule has 4 rings (SSSR count). The molecular weight excluding hydrogens is 390 g/mol. The molecule has 1 aromatic carbocycles. The summed E-state index contributed by atoms with van der Waals surface area (Å²) < 4.78 is 5.81. The van der Waals surface area contributed by atoms with Crippen molar-refractivity contribution in [2.24, 2.45) is 22.7 Å². The summed E-state index contributed by atoms with van der Waals surface area (Å²) in [7, 11) is 0. The van der Waals surface area contributed by atoms with Gasteiger partial charge in [-0.1, -0.05) is 36.1 Å². The molecule has 1 aromatic rings. The SMILES string of the molecule is CC(C)=C1CC[C@H]2C(=CC[C@@H]3[C@]2(C)CCC[C@@]3(C)C(=O)Oc2ccc([NH+]([O-])O)cc2)C1. The van der Waals surface area contributed by atoms with Crippen molar-refractivity contribution >= 4 is 11.7 Å². The van der Waals surface area contributed by atoms with Crippen molar-refractivity contribution in [2.75, 3.05) is 0 Å². The fraction of sp³-hybridized carbons (Fsp3) is 0.577. The van der Waals surface area contributed by atoms with Gasteiger partial charge in [-0.15, -0.1) is 0 Å². The molecule has 0 saturated heterocycles. The number of hydrogen-bond donors (Lipinski definition) is 2. The lowest BCUT2D eigenvalue weighted by Crippen LogP contribution is -2.99. The highest BCUT2D eigenvalue weighted by atomic mass is 16.8. The monoisotopic (exact) mass is 425 g/mol. The summed E-state index contributed by atoms with van der Waals surface area (Å²) in [5.74, 6) is 1.06. The van der Waals surface area contributed by atoms with Crippen LogP contribution in [0.1, 0.15) is 72.6 Å². The van der Waals surface area contributed by atoms with Crippen LogP contribution >= 0.6 is 0 Å². The number of nitrogens with one attached hydrogen (secondary N) is 1. The van der Waals surface area contributed by atoms with Gasteiger partial charge in [0.15, 0.2) is 5.69 Å². The lowest BCUT2D eigenvalue weighted by Gasteiger charge is -2.57. The smallest absolute Gasteiger partial charge is 0.317 e. The Kier molecular flexibility index (Phi) is 5.88. The Balaban J connectivity index is 1.58. The molecular formula is C26H35NO4. The molecule has 0 bridgehead atoms. The van der Waals surface area contributed by atoms with Gasteiger partial charge in [-0.25, -0.2) is 5.21 Å². The Morgan fingerprint density at radius 3 is 2.55 bits per heavy atom.